The van der Waals surface area contributed by atoms with E-state index in [4.69, 9.17) is 9.94 Å². The van der Waals surface area contributed by atoms with Crippen molar-refractivity contribution in [3.8, 4) is 0 Å². The second-order valence-electron chi connectivity index (χ2n) is 13.7. The van der Waals surface area contributed by atoms with Crippen LogP contribution >= 0.6 is 0 Å². The van der Waals surface area contributed by atoms with Crippen LogP contribution in [0.1, 0.15) is 56.5 Å². The highest BCUT2D eigenvalue weighted by Crippen LogP contribution is 2.24. The number of methoxy groups -OCH3 is 1. The number of aromatic nitrogens is 1. The van der Waals surface area contributed by atoms with Crippen LogP contribution in [0.2, 0.25) is 0 Å². The van der Waals surface area contributed by atoms with Crippen LogP contribution in [0.4, 0.5) is 4.79 Å². The van der Waals surface area contributed by atoms with Gasteiger partial charge in [0.05, 0.1) is 42.1 Å². The molecule has 1 aromatic heterocycles. The molecule has 3 N–H and O–H groups in total. The Balaban J connectivity index is 1.58. The smallest absolute Gasteiger partial charge is 0.321 e. The number of urea groups is 1. The summed E-state index contributed by atoms with van der Waals surface area (Å²) in [4.78, 5) is 35.9. The number of carbonyl (C=O) groups is 2. The standard InChI is InChI=1S/C38H52N6O7S/c1-6-28(4)36(44-19-18-42(38(44)47)24-32-20-31(26-51-5)16-17-39-32)37(46)41-34(21-29-10-8-7-9-11-29)35(45)25-43(23-27(2)3)52(49,50)33-14-12-30(13-15-33)22-40-48/h7-17,20,22,27-28,34-36,45,48H,6,18-19,21,23-26H2,1-5H3,(H,41,46)/t28-,34-,35-,36-/m0/s1. The molecule has 0 unspecified atom stereocenters. The molecule has 3 aromatic rings. The van der Waals surface area contributed by atoms with E-state index < -0.39 is 34.1 Å². The molecule has 0 radical (unpaired) electrons. The Morgan fingerprint density at radius 3 is 2.40 bits per heavy atom. The largest absolute Gasteiger partial charge is 0.411 e. The fourth-order valence-corrected chi connectivity index (χ4v) is 8.00. The molecule has 1 saturated heterocycles. The van der Waals surface area contributed by atoms with Gasteiger partial charge in [-0.3, -0.25) is 9.78 Å². The minimum Gasteiger partial charge on any atom is -0.411 e. The summed E-state index contributed by atoms with van der Waals surface area (Å²) in [6, 6.07) is 17.1. The van der Waals surface area contributed by atoms with Gasteiger partial charge in [0.1, 0.15) is 6.04 Å². The number of amides is 3. The van der Waals surface area contributed by atoms with Crippen LogP contribution in [0.3, 0.4) is 0 Å². The fraction of sp³-hybridized carbons (Fsp3) is 0.474. The average molecular weight is 737 g/mol. The first-order chi connectivity index (χ1) is 24.9. The van der Waals surface area contributed by atoms with E-state index in [1.54, 1.807) is 23.1 Å². The quantitative estimate of drug-likeness (QED) is 0.0940. The van der Waals surface area contributed by atoms with E-state index in [0.29, 0.717) is 31.7 Å². The maximum absolute atomic E-state index is 14.3. The number of ether oxygens (including phenoxy) is 1. The third-order valence-electron chi connectivity index (χ3n) is 9.23. The predicted molar refractivity (Wildman–Crippen MR) is 198 cm³/mol. The van der Waals surface area contributed by atoms with Crippen molar-refractivity contribution >= 4 is 28.2 Å². The van der Waals surface area contributed by atoms with Crippen LogP contribution in [0, 0.1) is 11.8 Å². The molecule has 4 rings (SSSR count). The number of aliphatic hydroxyl groups excluding tert-OH is 1. The first-order valence-corrected chi connectivity index (χ1v) is 19.1. The van der Waals surface area contributed by atoms with Crippen molar-refractivity contribution in [3.05, 3.63) is 95.3 Å². The number of sulfonamides is 1. The van der Waals surface area contributed by atoms with E-state index in [2.05, 4.69) is 15.5 Å². The molecule has 2 aromatic carbocycles. The van der Waals surface area contributed by atoms with E-state index in [9.17, 15) is 23.1 Å². The number of hydrogen-bond donors (Lipinski definition) is 3. The zero-order valence-corrected chi connectivity index (χ0v) is 31.4. The van der Waals surface area contributed by atoms with Crippen molar-refractivity contribution in [1.29, 1.82) is 0 Å². The highest BCUT2D eigenvalue weighted by Gasteiger charge is 2.41. The van der Waals surface area contributed by atoms with Gasteiger partial charge in [0.15, 0.2) is 0 Å². The summed E-state index contributed by atoms with van der Waals surface area (Å²) in [6.45, 7) is 8.98. The van der Waals surface area contributed by atoms with Crippen molar-refractivity contribution in [2.75, 3.05) is 33.3 Å². The molecule has 4 atom stereocenters. The Hall–Kier alpha value is -4.37. The maximum Gasteiger partial charge on any atom is 0.321 e. The topological polar surface area (TPSA) is 165 Å². The summed E-state index contributed by atoms with van der Waals surface area (Å²) in [5.74, 6) is -0.691. The fourth-order valence-electron chi connectivity index (χ4n) is 6.38. The Morgan fingerprint density at radius 2 is 1.77 bits per heavy atom. The molecule has 52 heavy (non-hydrogen) atoms. The molecular formula is C38H52N6O7S. The second-order valence-corrected chi connectivity index (χ2v) is 15.7. The molecule has 0 aliphatic carbocycles. The monoisotopic (exact) mass is 736 g/mol. The summed E-state index contributed by atoms with van der Waals surface area (Å²) >= 11 is 0. The lowest BCUT2D eigenvalue weighted by molar-refractivity contribution is -0.128. The van der Waals surface area contributed by atoms with E-state index >= 15 is 0 Å². The number of oxime groups is 1. The Kier molecular flexibility index (Phi) is 14.7. The summed E-state index contributed by atoms with van der Waals surface area (Å²) in [5.41, 5.74) is 3.03. The van der Waals surface area contributed by atoms with Gasteiger partial charge < -0.3 is 30.2 Å². The number of nitrogens with one attached hydrogen (secondary N) is 1. The van der Waals surface area contributed by atoms with Gasteiger partial charge in [-0.15, -0.1) is 0 Å². The van der Waals surface area contributed by atoms with Crippen LogP contribution in [0.25, 0.3) is 0 Å². The van der Waals surface area contributed by atoms with E-state index in [0.717, 1.165) is 16.8 Å². The molecule has 1 aliphatic rings. The zero-order valence-electron chi connectivity index (χ0n) is 30.6. The minimum absolute atomic E-state index is 0.0219. The number of carbonyl (C=O) groups excluding carboxylic acids is 2. The number of hydrogen-bond acceptors (Lipinski definition) is 9. The molecule has 14 heteroatoms. The average Bonchev–Trinajstić information content (AvgIpc) is 3.47. The summed E-state index contributed by atoms with van der Waals surface area (Å²) in [5, 5.41) is 26.7. The minimum atomic E-state index is -4.07. The summed E-state index contributed by atoms with van der Waals surface area (Å²) in [6.07, 6.45) is 2.44. The summed E-state index contributed by atoms with van der Waals surface area (Å²) < 4.78 is 34.3. The van der Waals surface area contributed by atoms with E-state index in [-0.39, 0.29) is 48.8 Å². The second kappa shape index (κ2) is 18.9. The van der Waals surface area contributed by atoms with Crippen LogP contribution in [0.15, 0.2) is 83.0 Å². The summed E-state index contributed by atoms with van der Waals surface area (Å²) in [7, 11) is -2.45. The number of benzene rings is 2. The SMILES string of the molecule is CC[C@H](C)[C@@H](C(=O)N[C@@H](Cc1ccccc1)[C@@H](O)CN(CC(C)C)S(=O)(=O)c1ccc(C=NO)cc1)N1CCN(Cc2cc(COC)ccn2)C1=O. The zero-order chi connectivity index (χ0) is 37.8. The van der Waals surface area contributed by atoms with E-state index in [1.165, 1.54) is 34.8 Å². The molecule has 2 heterocycles. The predicted octanol–water partition coefficient (Wildman–Crippen LogP) is 4.12. The van der Waals surface area contributed by atoms with Gasteiger partial charge in [0.2, 0.25) is 15.9 Å². The first-order valence-electron chi connectivity index (χ1n) is 17.7. The van der Waals surface area contributed by atoms with Gasteiger partial charge >= 0.3 is 6.03 Å². The number of pyridine rings is 1. The normalized spacial score (nSPS) is 16.1. The maximum atomic E-state index is 14.3. The molecule has 3 amide bonds. The lowest BCUT2D eigenvalue weighted by atomic mass is 9.95. The number of nitrogens with zero attached hydrogens (tertiary/aromatic N) is 5. The highest BCUT2D eigenvalue weighted by atomic mass is 32.2. The lowest BCUT2D eigenvalue weighted by Crippen LogP contribution is -2.57. The van der Waals surface area contributed by atoms with Gasteiger partial charge in [0, 0.05) is 39.5 Å². The van der Waals surface area contributed by atoms with Crippen molar-refractivity contribution in [2.24, 2.45) is 17.0 Å². The lowest BCUT2D eigenvalue weighted by Gasteiger charge is -2.35. The van der Waals surface area contributed by atoms with Crippen LogP contribution in [0.5, 0.6) is 0 Å². The molecule has 0 saturated carbocycles. The van der Waals surface area contributed by atoms with Crippen molar-refractivity contribution in [1.82, 2.24) is 24.4 Å². The molecule has 0 spiro atoms. The van der Waals surface area contributed by atoms with Gasteiger partial charge in [-0.05, 0) is 59.2 Å². The van der Waals surface area contributed by atoms with E-state index in [1.807, 2.05) is 70.2 Å². The molecule has 282 valence electrons. The Bertz CT molecular complexity index is 1740. The molecule has 1 fully saturated rings. The molecule has 1 aliphatic heterocycles. The van der Waals surface area contributed by atoms with Crippen LogP contribution in [-0.4, -0.2) is 107 Å². The van der Waals surface area contributed by atoms with Crippen LogP contribution < -0.4 is 5.32 Å². The van der Waals surface area contributed by atoms with Crippen molar-refractivity contribution < 1.29 is 33.1 Å². The third-order valence-corrected chi connectivity index (χ3v) is 11.1. The van der Waals surface area contributed by atoms with Crippen molar-refractivity contribution in [3.63, 3.8) is 0 Å². The van der Waals surface area contributed by atoms with Gasteiger partial charge in [-0.25, -0.2) is 13.2 Å². The Morgan fingerprint density at radius 1 is 1.06 bits per heavy atom. The highest BCUT2D eigenvalue weighted by molar-refractivity contribution is 7.89. The molecule has 13 nitrogen and oxygen atoms in total. The number of aliphatic hydroxyl groups is 1. The van der Waals surface area contributed by atoms with Gasteiger partial charge in [-0.2, -0.15) is 4.31 Å². The first kappa shape index (κ1) is 40.4. The van der Waals surface area contributed by atoms with Crippen molar-refractivity contribution in [2.45, 2.75) is 76.8 Å². The number of rotatable bonds is 19. The van der Waals surface area contributed by atoms with Gasteiger partial charge in [-0.1, -0.05) is 81.7 Å². The van der Waals surface area contributed by atoms with Crippen LogP contribution in [-0.2, 0) is 39.1 Å². The third kappa shape index (κ3) is 10.6. The molecule has 0 bridgehead atoms. The molecular weight excluding hydrogens is 685 g/mol. The Labute approximate surface area is 307 Å². The van der Waals surface area contributed by atoms with Gasteiger partial charge in [0.25, 0.3) is 0 Å².